The summed E-state index contributed by atoms with van der Waals surface area (Å²) in [6, 6.07) is -2.50. The van der Waals surface area contributed by atoms with Crippen LogP contribution in [0.25, 0.3) is 0 Å². The van der Waals surface area contributed by atoms with Crippen LogP contribution in [-0.2, 0) is 23.7 Å². The average Bonchev–Trinajstić information content (AvgIpc) is 3.27. The second-order valence-electron chi connectivity index (χ2n) is 9.72. The van der Waals surface area contributed by atoms with E-state index in [2.05, 4.69) is 5.32 Å². The first-order valence-corrected chi connectivity index (χ1v) is 11.8. The van der Waals surface area contributed by atoms with Crippen molar-refractivity contribution in [3.63, 3.8) is 0 Å². The molecule has 0 radical (unpaired) electrons. The van der Waals surface area contributed by atoms with Crippen LogP contribution in [0, 0.1) is 0 Å². The van der Waals surface area contributed by atoms with Crippen LogP contribution < -0.4 is 16.8 Å². The van der Waals surface area contributed by atoms with E-state index in [9.17, 15) is 40.9 Å². The molecule has 1 spiro atoms. The van der Waals surface area contributed by atoms with E-state index in [1.807, 2.05) is 0 Å². The fraction of sp³-hybridized carbons (Fsp3) is 1.00. The third-order valence-corrected chi connectivity index (χ3v) is 7.42. The van der Waals surface area contributed by atoms with E-state index in [-0.39, 0.29) is 6.42 Å². The lowest BCUT2D eigenvalue weighted by Crippen LogP contribution is -2.69. The number of hydrogen-bond donors (Lipinski definition) is 11. The van der Waals surface area contributed by atoms with Crippen LogP contribution in [-0.4, -0.2) is 159 Å². The minimum absolute atomic E-state index is 0.254. The van der Waals surface area contributed by atoms with Crippen molar-refractivity contribution >= 4 is 0 Å². The van der Waals surface area contributed by atoms with Crippen molar-refractivity contribution in [2.75, 3.05) is 20.3 Å². The van der Waals surface area contributed by atoms with E-state index in [0.717, 1.165) is 0 Å². The minimum Gasteiger partial charge on any atom is -0.395 e. The molecule has 1 saturated carbocycles. The van der Waals surface area contributed by atoms with Crippen molar-refractivity contribution in [2.24, 2.45) is 11.5 Å². The van der Waals surface area contributed by atoms with Gasteiger partial charge in [-0.25, -0.2) is 0 Å². The SMILES string of the molecule is CN[C@H]1C[C@@H](N)[C@H](O)[C@@H](O[C@@H]2O[C@H](CO)[C@H](O)[C@@H]3O[C@]4(OC([C@@H](N)CO)[C@H](O)[C@H](O)[C@H]4O)O[C@@H]23)[C@H]1O. The lowest BCUT2D eigenvalue weighted by Gasteiger charge is -2.46. The molecule has 4 aliphatic rings. The van der Waals surface area contributed by atoms with Crippen molar-refractivity contribution in [3.8, 4) is 0 Å². The number of aliphatic hydroxyl groups excluding tert-OH is 8. The molecule has 0 aromatic rings. The Hall–Kier alpha value is -0.640. The molecular weight excluding hydrogens is 490 g/mol. The van der Waals surface area contributed by atoms with Crippen LogP contribution in [0.3, 0.4) is 0 Å². The van der Waals surface area contributed by atoms with E-state index < -0.39 is 111 Å². The van der Waals surface area contributed by atoms with Crippen molar-refractivity contribution in [3.05, 3.63) is 0 Å². The van der Waals surface area contributed by atoms with E-state index in [4.69, 9.17) is 35.2 Å². The van der Waals surface area contributed by atoms with Crippen molar-refractivity contribution in [1.82, 2.24) is 5.32 Å². The zero-order valence-electron chi connectivity index (χ0n) is 19.6. The maximum absolute atomic E-state index is 10.7. The molecule has 13 N–H and O–H groups in total. The van der Waals surface area contributed by atoms with Gasteiger partial charge in [0, 0.05) is 12.1 Å². The highest BCUT2D eigenvalue weighted by atomic mass is 16.9. The molecule has 0 aromatic carbocycles. The molecule has 1 aliphatic carbocycles. The van der Waals surface area contributed by atoms with E-state index >= 15 is 0 Å². The lowest BCUT2D eigenvalue weighted by atomic mass is 9.84. The quantitative estimate of drug-likeness (QED) is 0.153. The first kappa shape index (κ1) is 28.4. The minimum atomic E-state index is -2.48. The Labute approximate surface area is 206 Å². The van der Waals surface area contributed by atoms with Gasteiger partial charge >= 0.3 is 5.97 Å². The monoisotopic (exact) mass is 527 g/mol. The molecule has 4 fully saturated rings. The van der Waals surface area contributed by atoms with E-state index in [1.54, 1.807) is 7.05 Å². The Morgan fingerprint density at radius 1 is 0.944 bits per heavy atom. The van der Waals surface area contributed by atoms with Crippen LogP contribution in [0.15, 0.2) is 0 Å². The molecule has 1 unspecified atom stereocenters. The van der Waals surface area contributed by atoms with Gasteiger partial charge in [0.25, 0.3) is 0 Å². The van der Waals surface area contributed by atoms with Crippen molar-refractivity contribution in [2.45, 2.75) is 104 Å². The maximum atomic E-state index is 10.7. The van der Waals surface area contributed by atoms with Crippen LogP contribution >= 0.6 is 0 Å². The van der Waals surface area contributed by atoms with Gasteiger partial charge in [-0.1, -0.05) is 0 Å². The summed E-state index contributed by atoms with van der Waals surface area (Å²) in [4.78, 5) is 0. The number of likely N-dealkylation sites (N-methyl/N-ethyl adjacent to an activating group) is 1. The molecule has 16 atom stereocenters. The first-order chi connectivity index (χ1) is 17.0. The van der Waals surface area contributed by atoms with Gasteiger partial charge in [-0.2, -0.15) is 0 Å². The number of ether oxygens (including phenoxy) is 5. The van der Waals surface area contributed by atoms with Gasteiger partial charge in [-0.05, 0) is 13.5 Å². The van der Waals surface area contributed by atoms with Crippen molar-refractivity contribution in [1.29, 1.82) is 0 Å². The highest BCUT2D eigenvalue weighted by Gasteiger charge is 2.67. The number of nitrogens with one attached hydrogen (secondary N) is 1. The number of fused-ring (bicyclic) bond motifs is 1. The Kier molecular flexibility index (Phi) is 8.55. The summed E-state index contributed by atoms with van der Waals surface area (Å²) in [6.45, 7) is -1.33. The Morgan fingerprint density at radius 3 is 2.22 bits per heavy atom. The van der Waals surface area contributed by atoms with Gasteiger partial charge in [0.05, 0.1) is 31.5 Å². The molecule has 3 aliphatic heterocycles. The Balaban J connectivity index is 1.62. The Morgan fingerprint density at radius 2 is 1.61 bits per heavy atom. The summed E-state index contributed by atoms with van der Waals surface area (Å²) in [5, 5.41) is 85.6. The van der Waals surface area contributed by atoms with E-state index in [0.29, 0.717) is 0 Å². The molecule has 0 bridgehead atoms. The highest BCUT2D eigenvalue weighted by molar-refractivity contribution is 5.05. The number of aliphatic hydroxyl groups is 8. The average molecular weight is 528 g/mol. The Bertz CT molecular complexity index is 756. The topological polar surface area (TPSA) is 272 Å². The molecule has 36 heavy (non-hydrogen) atoms. The summed E-state index contributed by atoms with van der Waals surface area (Å²) >= 11 is 0. The molecule has 4 rings (SSSR count). The molecule has 3 heterocycles. The second-order valence-corrected chi connectivity index (χ2v) is 9.72. The predicted octanol–water partition coefficient (Wildman–Crippen LogP) is -7.27. The number of rotatable bonds is 6. The largest absolute Gasteiger partial charge is 0.395 e. The smallest absolute Gasteiger partial charge is 0.314 e. The zero-order valence-corrected chi connectivity index (χ0v) is 19.6. The van der Waals surface area contributed by atoms with Gasteiger partial charge < -0.3 is 81.3 Å². The van der Waals surface area contributed by atoms with Crippen molar-refractivity contribution < 1.29 is 64.5 Å². The summed E-state index contributed by atoms with van der Waals surface area (Å²) in [5.41, 5.74) is 11.8. The number of hydrogen-bond acceptors (Lipinski definition) is 16. The molecule has 16 nitrogen and oxygen atoms in total. The van der Waals surface area contributed by atoms with Crippen LogP contribution in [0.4, 0.5) is 0 Å². The summed E-state index contributed by atoms with van der Waals surface area (Å²) in [6.07, 6.45) is -17.7. The summed E-state index contributed by atoms with van der Waals surface area (Å²) < 4.78 is 28.7. The van der Waals surface area contributed by atoms with Gasteiger partial charge in [0.15, 0.2) is 12.4 Å². The fourth-order valence-electron chi connectivity index (χ4n) is 5.23. The van der Waals surface area contributed by atoms with E-state index in [1.165, 1.54) is 0 Å². The van der Waals surface area contributed by atoms with Gasteiger partial charge in [-0.15, -0.1) is 0 Å². The third-order valence-electron chi connectivity index (χ3n) is 7.42. The molecule has 0 amide bonds. The van der Waals surface area contributed by atoms with Gasteiger partial charge in [0.2, 0.25) is 0 Å². The standard InChI is InChI=1S/C20H37N3O13/c1-23-7-2-5(21)9(26)15(10(7)27)33-19-17-16(11(28)8(4-25)32-19)35-20(36-17)18(31)13(30)12(29)14(34-20)6(22)3-24/h5-19,23-31H,2-4,21-22H2,1H3/t5-,6+,7+,8-,9+,10+,11+,12-,13+,14?,15-,16+,17-,18-,19+,20+/m1/s1. The second kappa shape index (κ2) is 10.9. The normalized spacial score (nSPS) is 54.4. The molecule has 210 valence electrons. The van der Waals surface area contributed by atoms with Crippen LogP contribution in [0.5, 0.6) is 0 Å². The lowest BCUT2D eigenvalue weighted by molar-refractivity contribution is -0.439. The number of nitrogens with two attached hydrogens (primary N) is 2. The summed E-state index contributed by atoms with van der Waals surface area (Å²) in [5.74, 6) is -2.48. The van der Waals surface area contributed by atoms with Crippen LogP contribution in [0.1, 0.15) is 6.42 Å². The highest BCUT2D eigenvalue weighted by Crippen LogP contribution is 2.45. The van der Waals surface area contributed by atoms with Crippen LogP contribution in [0.2, 0.25) is 0 Å². The molecule has 0 aromatic heterocycles. The fourth-order valence-corrected chi connectivity index (χ4v) is 5.23. The molecular formula is C20H37N3O13. The predicted molar refractivity (Wildman–Crippen MR) is 115 cm³/mol. The summed E-state index contributed by atoms with van der Waals surface area (Å²) in [7, 11) is 1.60. The molecule has 3 saturated heterocycles. The zero-order chi connectivity index (χ0) is 26.5. The molecule has 16 heteroatoms. The van der Waals surface area contributed by atoms with Gasteiger partial charge in [0.1, 0.15) is 48.8 Å². The maximum Gasteiger partial charge on any atom is 0.314 e. The third kappa shape index (κ3) is 4.68. The van der Waals surface area contributed by atoms with Gasteiger partial charge in [-0.3, -0.25) is 0 Å². The first-order valence-electron chi connectivity index (χ1n) is 11.8.